The highest BCUT2D eigenvalue weighted by atomic mass is 16.6. The summed E-state index contributed by atoms with van der Waals surface area (Å²) in [5.41, 5.74) is 6.63. The van der Waals surface area contributed by atoms with Crippen molar-refractivity contribution in [3.05, 3.63) is 23.7 Å². The van der Waals surface area contributed by atoms with Crippen molar-refractivity contribution in [1.29, 1.82) is 0 Å². The third kappa shape index (κ3) is 1.71. The van der Waals surface area contributed by atoms with E-state index in [1.165, 1.54) is 0 Å². The Labute approximate surface area is 102 Å². The summed E-state index contributed by atoms with van der Waals surface area (Å²) in [5.74, 6) is 0.0679. The molecule has 0 saturated carbocycles. The molecule has 0 aromatic carbocycles. The van der Waals surface area contributed by atoms with Crippen molar-refractivity contribution >= 4 is 11.7 Å². The molecule has 1 unspecified atom stereocenters. The summed E-state index contributed by atoms with van der Waals surface area (Å²) >= 11 is 0. The first-order chi connectivity index (χ1) is 8.75. The SMILES string of the molecule is Nc1nonc1C(=O)N1CCC(c2ccn[nH]2)C1. The number of nitrogens with one attached hydrogen (secondary N) is 1. The summed E-state index contributed by atoms with van der Waals surface area (Å²) in [7, 11) is 0. The van der Waals surface area contributed by atoms with Gasteiger partial charge in [-0.25, -0.2) is 4.63 Å². The number of carbonyl (C=O) groups is 1. The van der Waals surface area contributed by atoms with Crippen LogP contribution < -0.4 is 5.73 Å². The van der Waals surface area contributed by atoms with Crippen molar-refractivity contribution in [3.8, 4) is 0 Å². The van der Waals surface area contributed by atoms with Gasteiger partial charge in [-0.05, 0) is 22.8 Å². The monoisotopic (exact) mass is 248 g/mol. The number of nitrogen functional groups attached to an aromatic ring is 1. The number of nitrogens with zero attached hydrogens (tertiary/aromatic N) is 4. The van der Waals surface area contributed by atoms with E-state index in [0.717, 1.165) is 12.1 Å². The number of rotatable bonds is 2. The van der Waals surface area contributed by atoms with Crippen LogP contribution in [0.15, 0.2) is 16.9 Å². The average Bonchev–Trinajstić information content (AvgIpc) is 3.09. The van der Waals surface area contributed by atoms with Crippen molar-refractivity contribution in [2.45, 2.75) is 12.3 Å². The van der Waals surface area contributed by atoms with Gasteiger partial charge < -0.3 is 10.6 Å². The maximum Gasteiger partial charge on any atom is 0.280 e. The molecular formula is C10H12N6O2. The van der Waals surface area contributed by atoms with E-state index in [0.29, 0.717) is 13.1 Å². The van der Waals surface area contributed by atoms with Crippen molar-refractivity contribution < 1.29 is 9.42 Å². The highest BCUT2D eigenvalue weighted by Crippen LogP contribution is 2.26. The Balaban J connectivity index is 1.73. The molecule has 1 fully saturated rings. The number of amides is 1. The van der Waals surface area contributed by atoms with Gasteiger partial charge in [-0.1, -0.05) is 0 Å². The Hall–Kier alpha value is -2.38. The lowest BCUT2D eigenvalue weighted by Gasteiger charge is -2.14. The van der Waals surface area contributed by atoms with Crippen LogP contribution in [0.4, 0.5) is 5.82 Å². The van der Waals surface area contributed by atoms with Crippen LogP contribution in [0.2, 0.25) is 0 Å². The van der Waals surface area contributed by atoms with Gasteiger partial charge >= 0.3 is 0 Å². The molecule has 2 aromatic rings. The van der Waals surface area contributed by atoms with Gasteiger partial charge in [0.1, 0.15) is 0 Å². The molecule has 18 heavy (non-hydrogen) atoms. The molecule has 3 rings (SSSR count). The number of hydrogen-bond donors (Lipinski definition) is 2. The second-order valence-corrected chi connectivity index (χ2v) is 4.25. The molecule has 0 spiro atoms. The Kier molecular flexibility index (Phi) is 2.47. The van der Waals surface area contributed by atoms with Crippen LogP contribution in [-0.4, -0.2) is 44.4 Å². The molecule has 8 heteroatoms. The van der Waals surface area contributed by atoms with Crippen LogP contribution in [0.5, 0.6) is 0 Å². The third-order valence-corrected chi connectivity index (χ3v) is 3.15. The first-order valence-corrected chi connectivity index (χ1v) is 5.62. The van der Waals surface area contributed by atoms with E-state index in [9.17, 15) is 4.79 Å². The number of H-pyrrole nitrogens is 1. The van der Waals surface area contributed by atoms with Gasteiger partial charge in [0.15, 0.2) is 0 Å². The summed E-state index contributed by atoms with van der Waals surface area (Å²) in [6, 6.07) is 1.92. The zero-order chi connectivity index (χ0) is 12.5. The molecule has 0 bridgehead atoms. The van der Waals surface area contributed by atoms with Crippen LogP contribution in [-0.2, 0) is 0 Å². The number of hydrogen-bond acceptors (Lipinski definition) is 6. The molecule has 0 aliphatic carbocycles. The normalized spacial score (nSPS) is 19.3. The zero-order valence-corrected chi connectivity index (χ0v) is 9.54. The van der Waals surface area contributed by atoms with E-state index < -0.39 is 0 Å². The van der Waals surface area contributed by atoms with Crippen molar-refractivity contribution in [3.63, 3.8) is 0 Å². The Morgan fingerprint density at radius 1 is 1.56 bits per heavy atom. The van der Waals surface area contributed by atoms with Crippen LogP contribution in [0, 0.1) is 0 Å². The van der Waals surface area contributed by atoms with Gasteiger partial charge in [0.05, 0.1) is 0 Å². The molecule has 1 atom stereocenters. The molecule has 3 N–H and O–H groups in total. The van der Waals surface area contributed by atoms with Gasteiger partial charge in [-0.15, -0.1) is 0 Å². The lowest BCUT2D eigenvalue weighted by Crippen LogP contribution is -2.29. The Morgan fingerprint density at radius 2 is 2.44 bits per heavy atom. The number of carbonyl (C=O) groups excluding carboxylic acids is 1. The molecule has 1 aliphatic heterocycles. The molecule has 8 nitrogen and oxygen atoms in total. The molecular weight excluding hydrogens is 236 g/mol. The van der Waals surface area contributed by atoms with E-state index >= 15 is 0 Å². The van der Waals surface area contributed by atoms with E-state index in [1.54, 1.807) is 11.1 Å². The predicted molar refractivity (Wildman–Crippen MR) is 60.6 cm³/mol. The highest BCUT2D eigenvalue weighted by molar-refractivity contribution is 5.96. The number of likely N-dealkylation sites (tertiary alicyclic amines) is 1. The lowest BCUT2D eigenvalue weighted by molar-refractivity contribution is 0.0780. The molecule has 1 aliphatic rings. The van der Waals surface area contributed by atoms with Crippen LogP contribution in [0.25, 0.3) is 0 Å². The second kappa shape index (κ2) is 4.13. The van der Waals surface area contributed by atoms with Gasteiger partial charge in [-0.3, -0.25) is 9.89 Å². The van der Waals surface area contributed by atoms with Crippen LogP contribution in [0.1, 0.15) is 28.5 Å². The van der Waals surface area contributed by atoms with Gasteiger partial charge in [-0.2, -0.15) is 5.10 Å². The van der Waals surface area contributed by atoms with Crippen LogP contribution in [0.3, 0.4) is 0 Å². The van der Waals surface area contributed by atoms with Gasteiger partial charge in [0.25, 0.3) is 5.91 Å². The molecule has 2 aromatic heterocycles. The minimum Gasteiger partial charge on any atom is -0.379 e. The first kappa shape index (κ1) is 10.8. The average molecular weight is 248 g/mol. The summed E-state index contributed by atoms with van der Waals surface area (Å²) < 4.78 is 4.44. The molecule has 3 heterocycles. The smallest absolute Gasteiger partial charge is 0.280 e. The number of aromatic nitrogens is 4. The topological polar surface area (TPSA) is 114 Å². The predicted octanol–water partition coefficient (Wildman–Crippen LogP) is 0.00460. The summed E-state index contributed by atoms with van der Waals surface area (Å²) in [5, 5.41) is 13.8. The van der Waals surface area contributed by atoms with E-state index in [4.69, 9.17) is 5.73 Å². The van der Waals surface area contributed by atoms with E-state index in [1.807, 2.05) is 6.07 Å². The second-order valence-electron chi connectivity index (χ2n) is 4.25. The van der Waals surface area contributed by atoms with Crippen molar-refractivity contribution in [2.75, 3.05) is 18.8 Å². The fraction of sp³-hybridized carbons (Fsp3) is 0.400. The highest BCUT2D eigenvalue weighted by Gasteiger charge is 2.31. The Bertz CT molecular complexity index is 548. The first-order valence-electron chi connectivity index (χ1n) is 5.62. The number of aromatic amines is 1. The minimum absolute atomic E-state index is 0.0324. The number of nitrogens with two attached hydrogens (primary N) is 1. The van der Waals surface area contributed by atoms with Crippen molar-refractivity contribution in [1.82, 2.24) is 25.4 Å². The maximum absolute atomic E-state index is 12.1. The molecule has 1 amide bonds. The summed E-state index contributed by atoms with van der Waals surface area (Å²) in [6.07, 6.45) is 2.60. The molecule has 94 valence electrons. The van der Waals surface area contributed by atoms with Gasteiger partial charge in [0.2, 0.25) is 11.5 Å². The number of anilines is 1. The summed E-state index contributed by atoms with van der Waals surface area (Å²) in [4.78, 5) is 13.8. The standard InChI is InChI=1S/C10H12N6O2/c11-9-8(14-18-15-9)10(17)16-4-2-6(5-16)7-1-3-12-13-7/h1,3,6H,2,4-5H2,(H2,11,15)(H,12,13). The maximum atomic E-state index is 12.1. The van der Waals surface area contributed by atoms with Gasteiger partial charge in [0, 0.05) is 30.9 Å². The lowest BCUT2D eigenvalue weighted by atomic mass is 10.1. The minimum atomic E-state index is -0.240. The fourth-order valence-corrected chi connectivity index (χ4v) is 2.19. The Morgan fingerprint density at radius 3 is 3.11 bits per heavy atom. The molecule has 0 radical (unpaired) electrons. The zero-order valence-electron chi connectivity index (χ0n) is 9.54. The molecule has 1 saturated heterocycles. The van der Waals surface area contributed by atoms with E-state index in [2.05, 4.69) is 25.1 Å². The fourth-order valence-electron chi connectivity index (χ4n) is 2.19. The van der Waals surface area contributed by atoms with E-state index in [-0.39, 0.29) is 23.3 Å². The summed E-state index contributed by atoms with van der Waals surface area (Å²) in [6.45, 7) is 1.28. The third-order valence-electron chi connectivity index (χ3n) is 3.15. The quantitative estimate of drug-likeness (QED) is 0.773. The van der Waals surface area contributed by atoms with Crippen molar-refractivity contribution in [2.24, 2.45) is 0 Å². The van der Waals surface area contributed by atoms with Crippen LogP contribution >= 0.6 is 0 Å². The largest absolute Gasteiger partial charge is 0.379 e.